The van der Waals surface area contributed by atoms with Crippen molar-refractivity contribution in [1.82, 2.24) is 10.3 Å². The summed E-state index contributed by atoms with van der Waals surface area (Å²) in [7, 11) is 0. The Morgan fingerprint density at radius 3 is 2.59 bits per heavy atom. The number of carboxylic acid groups (broad SMARTS) is 1. The SMILES string of the molecule is Cc1[nH]c2ccc(OC(F)(F)F)cc2c1CCNC(=O)C1CCCCC1C(=O)O. The summed E-state index contributed by atoms with van der Waals surface area (Å²) in [5.74, 6) is -2.75. The van der Waals surface area contributed by atoms with Crippen molar-refractivity contribution in [1.29, 1.82) is 0 Å². The molecule has 158 valence electrons. The Morgan fingerprint density at radius 2 is 1.93 bits per heavy atom. The van der Waals surface area contributed by atoms with Gasteiger partial charge in [-0.05, 0) is 49.9 Å². The quantitative estimate of drug-likeness (QED) is 0.671. The first-order valence-corrected chi connectivity index (χ1v) is 9.53. The maximum atomic E-state index is 12.5. The van der Waals surface area contributed by atoms with Gasteiger partial charge in [0.1, 0.15) is 5.75 Å². The van der Waals surface area contributed by atoms with Gasteiger partial charge in [-0.2, -0.15) is 0 Å². The normalized spacial score (nSPS) is 19.9. The molecule has 6 nitrogen and oxygen atoms in total. The minimum atomic E-state index is -4.77. The zero-order valence-electron chi connectivity index (χ0n) is 15.9. The van der Waals surface area contributed by atoms with E-state index in [0.717, 1.165) is 24.1 Å². The number of nitrogens with one attached hydrogen (secondary N) is 2. The van der Waals surface area contributed by atoms with Crippen LogP contribution in [0.5, 0.6) is 5.75 Å². The summed E-state index contributed by atoms with van der Waals surface area (Å²) in [5, 5.41) is 12.7. The monoisotopic (exact) mass is 412 g/mol. The van der Waals surface area contributed by atoms with Gasteiger partial charge in [0.05, 0.1) is 11.8 Å². The second-order valence-electron chi connectivity index (χ2n) is 7.36. The maximum absolute atomic E-state index is 12.5. The van der Waals surface area contributed by atoms with Crippen LogP contribution >= 0.6 is 0 Å². The Labute approximate surface area is 165 Å². The standard InChI is InChI=1S/C20H23F3N2O4/c1-11-13(16-10-12(29-20(21,22)23)6-7-17(16)25-11)8-9-24-18(26)14-4-2-3-5-15(14)19(27)28/h6-7,10,14-15,25H,2-5,8-9H2,1H3,(H,24,26)(H,27,28). The number of carbonyl (C=O) groups is 2. The summed E-state index contributed by atoms with van der Waals surface area (Å²) in [6, 6.07) is 4.09. The van der Waals surface area contributed by atoms with Crippen LogP contribution in [0.2, 0.25) is 0 Å². The number of aliphatic carboxylic acids is 1. The maximum Gasteiger partial charge on any atom is 0.573 e. The predicted molar refractivity (Wildman–Crippen MR) is 99.5 cm³/mol. The highest BCUT2D eigenvalue weighted by Crippen LogP contribution is 2.31. The molecule has 0 bridgehead atoms. The average molecular weight is 412 g/mol. The van der Waals surface area contributed by atoms with E-state index >= 15 is 0 Å². The molecule has 1 amide bonds. The molecule has 9 heteroatoms. The van der Waals surface area contributed by atoms with Crippen molar-refractivity contribution in [3.8, 4) is 5.75 Å². The van der Waals surface area contributed by atoms with Gasteiger partial charge in [-0.25, -0.2) is 0 Å². The van der Waals surface area contributed by atoms with Crippen LogP contribution in [0.15, 0.2) is 18.2 Å². The Balaban J connectivity index is 1.68. The molecule has 1 saturated carbocycles. The molecule has 0 spiro atoms. The molecule has 2 unspecified atom stereocenters. The molecule has 0 radical (unpaired) electrons. The molecule has 0 saturated heterocycles. The van der Waals surface area contributed by atoms with Crippen molar-refractivity contribution < 1.29 is 32.6 Å². The van der Waals surface area contributed by atoms with Crippen molar-refractivity contribution in [2.24, 2.45) is 11.8 Å². The smallest absolute Gasteiger partial charge is 0.481 e. The van der Waals surface area contributed by atoms with Gasteiger partial charge in [0, 0.05) is 23.1 Å². The molecule has 2 atom stereocenters. The highest BCUT2D eigenvalue weighted by atomic mass is 19.4. The number of ether oxygens (including phenoxy) is 1. The van der Waals surface area contributed by atoms with E-state index in [0.29, 0.717) is 30.2 Å². The number of aromatic nitrogens is 1. The van der Waals surface area contributed by atoms with E-state index in [2.05, 4.69) is 15.0 Å². The Kier molecular flexibility index (Phi) is 6.04. The molecule has 3 rings (SSSR count). The lowest BCUT2D eigenvalue weighted by Crippen LogP contribution is -2.40. The molecule has 1 aromatic carbocycles. The van der Waals surface area contributed by atoms with E-state index < -0.39 is 24.2 Å². The second kappa shape index (κ2) is 8.34. The van der Waals surface area contributed by atoms with Crippen LogP contribution < -0.4 is 10.1 Å². The number of aromatic amines is 1. The van der Waals surface area contributed by atoms with Crippen LogP contribution in [0, 0.1) is 18.8 Å². The fraction of sp³-hybridized carbons (Fsp3) is 0.500. The lowest BCUT2D eigenvalue weighted by Gasteiger charge is -2.27. The highest BCUT2D eigenvalue weighted by Gasteiger charge is 2.35. The first-order valence-electron chi connectivity index (χ1n) is 9.53. The van der Waals surface area contributed by atoms with Crippen molar-refractivity contribution in [2.75, 3.05) is 6.54 Å². The zero-order chi connectivity index (χ0) is 21.2. The van der Waals surface area contributed by atoms with E-state index in [1.54, 1.807) is 0 Å². The van der Waals surface area contributed by atoms with E-state index in [1.165, 1.54) is 18.2 Å². The third-order valence-electron chi connectivity index (χ3n) is 5.42. The summed E-state index contributed by atoms with van der Waals surface area (Å²) >= 11 is 0. The largest absolute Gasteiger partial charge is 0.573 e. The summed E-state index contributed by atoms with van der Waals surface area (Å²) in [6.07, 6.45) is -1.70. The van der Waals surface area contributed by atoms with Gasteiger partial charge in [0.25, 0.3) is 0 Å². The van der Waals surface area contributed by atoms with E-state index in [9.17, 15) is 27.9 Å². The number of H-pyrrole nitrogens is 1. The number of benzene rings is 1. The summed E-state index contributed by atoms with van der Waals surface area (Å²) in [6.45, 7) is 2.07. The van der Waals surface area contributed by atoms with Crippen LogP contribution in [0.1, 0.15) is 36.9 Å². The highest BCUT2D eigenvalue weighted by molar-refractivity contribution is 5.87. The zero-order valence-corrected chi connectivity index (χ0v) is 15.9. The van der Waals surface area contributed by atoms with Crippen molar-refractivity contribution >= 4 is 22.8 Å². The van der Waals surface area contributed by atoms with Gasteiger partial charge in [0.2, 0.25) is 5.91 Å². The number of hydrogen-bond donors (Lipinski definition) is 3. The predicted octanol–water partition coefficient (Wildman–Crippen LogP) is 3.92. The number of carbonyl (C=O) groups excluding carboxylic acids is 1. The molecule has 2 aromatic rings. The minimum absolute atomic E-state index is 0.264. The van der Waals surface area contributed by atoms with Gasteiger partial charge in [0.15, 0.2) is 0 Å². The van der Waals surface area contributed by atoms with E-state index in [1.807, 2.05) is 6.92 Å². The van der Waals surface area contributed by atoms with E-state index in [-0.39, 0.29) is 18.2 Å². The van der Waals surface area contributed by atoms with Gasteiger partial charge in [-0.3, -0.25) is 9.59 Å². The fourth-order valence-electron chi connectivity index (χ4n) is 4.06. The first-order chi connectivity index (χ1) is 13.7. The number of amides is 1. The topological polar surface area (TPSA) is 91.4 Å². The molecule has 0 aliphatic heterocycles. The minimum Gasteiger partial charge on any atom is -0.481 e. The summed E-state index contributed by atoms with van der Waals surface area (Å²) < 4.78 is 41.4. The van der Waals surface area contributed by atoms with Crippen molar-refractivity contribution in [2.45, 2.75) is 45.4 Å². The number of hydrogen-bond acceptors (Lipinski definition) is 3. The van der Waals surface area contributed by atoms with E-state index in [4.69, 9.17) is 0 Å². The Hall–Kier alpha value is -2.71. The van der Waals surface area contributed by atoms with Crippen LogP contribution in [-0.2, 0) is 16.0 Å². The van der Waals surface area contributed by atoms with Gasteiger partial charge in [-0.15, -0.1) is 13.2 Å². The third-order valence-corrected chi connectivity index (χ3v) is 5.42. The Morgan fingerprint density at radius 1 is 1.24 bits per heavy atom. The molecule has 29 heavy (non-hydrogen) atoms. The molecule has 1 aliphatic rings. The van der Waals surface area contributed by atoms with Crippen LogP contribution in [0.25, 0.3) is 10.9 Å². The molecule has 1 aromatic heterocycles. The second-order valence-corrected chi connectivity index (χ2v) is 7.36. The van der Waals surface area contributed by atoms with Crippen molar-refractivity contribution in [3.63, 3.8) is 0 Å². The van der Waals surface area contributed by atoms with Crippen molar-refractivity contribution in [3.05, 3.63) is 29.5 Å². The average Bonchev–Trinajstić information content (AvgIpc) is 2.95. The number of aryl methyl sites for hydroxylation is 1. The van der Waals surface area contributed by atoms with Gasteiger partial charge in [-0.1, -0.05) is 12.8 Å². The van der Waals surface area contributed by atoms with Gasteiger partial charge < -0.3 is 20.1 Å². The van der Waals surface area contributed by atoms with Crippen LogP contribution in [-0.4, -0.2) is 34.9 Å². The molecule has 1 aliphatic carbocycles. The number of rotatable bonds is 6. The van der Waals surface area contributed by atoms with Gasteiger partial charge >= 0.3 is 12.3 Å². The molecule has 1 fully saturated rings. The molecular formula is C20H23F3N2O4. The summed E-state index contributed by atoms with van der Waals surface area (Å²) in [5.41, 5.74) is 2.25. The Bertz CT molecular complexity index is 907. The number of alkyl halides is 3. The fourth-order valence-corrected chi connectivity index (χ4v) is 4.06. The lowest BCUT2D eigenvalue weighted by molar-refractivity contribution is -0.274. The lowest BCUT2D eigenvalue weighted by atomic mass is 9.78. The van der Waals surface area contributed by atoms with Crippen LogP contribution in [0.4, 0.5) is 13.2 Å². The van der Waals surface area contributed by atoms with Crippen LogP contribution in [0.3, 0.4) is 0 Å². The number of carboxylic acids is 1. The number of fused-ring (bicyclic) bond motifs is 1. The molecule has 3 N–H and O–H groups in total. The number of halogens is 3. The summed E-state index contributed by atoms with van der Waals surface area (Å²) in [4.78, 5) is 27.0. The molecular weight excluding hydrogens is 389 g/mol. The molecule has 1 heterocycles. The first kappa shape index (κ1) is 21.0. The third kappa shape index (κ3) is 5.02.